The van der Waals surface area contributed by atoms with E-state index < -0.39 is 0 Å². The molecule has 0 aliphatic carbocycles. The number of ether oxygens (including phenoxy) is 1. The minimum absolute atomic E-state index is 0.0375. The van der Waals surface area contributed by atoms with E-state index in [1.165, 1.54) is 13.8 Å². The number of nitrogens with zero attached hydrogens (tertiary/aromatic N) is 3. The van der Waals surface area contributed by atoms with E-state index in [4.69, 9.17) is 4.74 Å². The van der Waals surface area contributed by atoms with Crippen LogP contribution in [-0.4, -0.2) is 42.0 Å². The highest BCUT2D eigenvalue weighted by atomic mass is 16.5. The Bertz CT molecular complexity index is 557. The summed E-state index contributed by atoms with van der Waals surface area (Å²) in [5.41, 5.74) is 0.547. The Morgan fingerprint density at radius 3 is 2.26 bits per heavy atom. The summed E-state index contributed by atoms with van der Waals surface area (Å²) in [4.78, 5) is 13.6. The molecule has 126 valence electrons. The first kappa shape index (κ1) is 18.8. The molecule has 0 aliphatic heterocycles. The van der Waals surface area contributed by atoms with Crippen LogP contribution < -0.4 is 4.74 Å². The first-order valence-corrected chi connectivity index (χ1v) is 7.75. The van der Waals surface area contributed by atoms with Gasteiger partial charge in [0.15, 0.2) is 11.5 Å². The fourth-order valence-electron chi connectivity index (χ4n) is 1.95. The number of ketones is 1. The monoisotopic (exact) mass is 319 g/mol. The molecular weight excluding hydrogens is 294 g/mol. The van der Waals surface area contributed by atoms with Gasteiger partial charge >= 0.3 is 0 Å². The zero-order valence-corrected chi connectivity index (χ0v) is 14.2. The van der Waals surface area contributed by atoms with Crippen LogP contribution >= 0.6 is 0 Å². The van der Waals surface area contributed by atoms with E-state index in [0.717, 1.165) is 25.4 Å². The molecule has 0 fully saturated rings. The summed E-state index contributed by atoms with van der Waals surface area (Å²) in [6.07, 6.45) is 0. The summed E-state index contributed by atoms with van der Waals surface area (Å²) >= 11 is 0. The molecule has 23 heavy (non-hydrogen) atoms. The molecule has 0 saturated heterocycles. The van der Waals surface area contributed by atoms with Crippen LogP contribution in [0.25, 0.3) is 0 Å². The molecule has 1 aromatic carbocycles. The number of hydrogen-bond donors (Lipinski definition) is 1. The second-order valence-electron chi connectivity index (χ2n) is 5.06. The average Bonchev–Trinajstić information content (AvgIpc) is 2.52. The number of azo groups is 1. The van der Waals surface area contributed by atoms with Crippen LogP contribution in [-0.2, 0) is 4.79 Å². The Kier molecular flexibility index (Phi) is 7.97. The van der Waals surface area contributed by atoms with Crippen molar-refractivity contribution in [3.8, 4) is 5.75 Å². The minimum Gasteiger partial charge on any atom is -0.510 e. The van der Waals surface area contributed by atoms with Crippen molar-refractivity contribution in [2.24, 2.45) is 10.2 Å². The molecule has 1 aromatic rings. The van der Waals surface area contributed by atoms with Crippen molar-refractivity contribution in [3.05, 3.63) is 35.7 Å². The summed E-state index contributed by atoms with van der Waals surface area (Å²) in [7, 11) is 0. The molecular formula is C17H25N3O3. The van der Waals surface area contributed by atoms with Gasteiger partial charge in [-0.2, -0.15) is 5.11 Å². The lowest BCUT2D eigenvalue weighted by Crippen LogP contribution is -2.27. The zero-order chi connectivity index (χ0) is 17.2. The van der Waals surface area contributed by atoms with Gasteiger partial charge in [0.2, 0.25) is 0 Å². The second kappa shape index (κ2) is 9.74. The molecule has 0 saturated carbocycles. The number of benzene rings is 1. The molecule has 0 aromatic heterocycles. The minimum atomic E-state index is -0.329. The largest absolute Gasteiger partial charge is 0.510 e. The van der Waals surface area contributed by atoms with E-state index in [9.17, 15) is 9.90 Å². The van der Waals surface area contributed by atoms with Gasteiger partial charge in [0, 0.05) is 13.5 Å². The highest BCUT2D eigenvalue weighted by molar-refractivity contribution is 5.93. The van der Waals surface area contributed by atoms with Crippen LogP contribution in [0.15, 0.2) is 46.0 Å². The third-order valence-corrected chi connectivity index (χ3v) is 3.35. The van der Waals surface area contributed by atoms with E-state index in [1.807, 2.05) is 0 Å². The number of carbonyl (C=O) groups is 1. The number of hydrogen-bond acceptors (Lipinski definition) is 6. The van der Waals surface area contributed by atoms with Gasteiger partial charge in [-0.25, -0.2) is 0 Å². The maximum absolute atomic E-state index is 11.3. The van der Waals surface area contributed by atoms with Crippen LogP contribution in [0.4, 0.5) is 5.69 Å². The predicted molar refractivity (Wildman–Crippen MR) is 90.3 cm³/mol. The lowest BCUT2D eigenvalue weighted by Gasteiger charge is -2.17. The van der Waals surface area contributed by atoms with Gasteiger partial charge in [0.25, 0.3) is 0 Å². The molecule has 0 amide bonds. The van der Waals surface area contributed by atoms with Gasteiger partial charge < -0.3 is 14.7 Å². The number of Topliss-reactive ketones (excluding diaryl/α,β-unsaturated/α-hetero) is 1. The Hall–Kier alpha value is -2.21. The quantitative estimate of drug-likeness (QED) is 0.426. The van der Waals surface area contributed by atoms with E-state index >= 15 is 0 Å². The normalized spacial score (nSPS) is 12.6. The van der Waals surface area contributed by atoms with E-state index in [2.05, 4.69) is 29.0 Å². The van der Waals surface area contributed by atoms with Gasteiger partial charge in [-0.15, -0.1) is 5.11 Å². The fourth-order valence-corrected chi connectivity index (χ4v) is 1.95. The Morgan fingerprint density at radius 2 is 1.78 bits per heavy atom. The van der Waals surface area contributed by atoms with Gasteiger partial charge in [-0.3, -0.25) is 4.79 Å². The Balaban J connectivity index is 2.60. The molecule has 0 spiro atoms. The van der Waals surface area contributed by atoms with Crippen LogP contribution in [0.5, 0.6) is 5.75 Å². The van der Waals surface area contributed by atoms with E-state index in [1.54, 1.807) is 24.3 Å². The molecule has 1 rings (SSSR count). The SMILES string of the molecule is CCN(CC)CCOc1ccc(N=NC(C(C)=O)=C(C)O)cc1. The Labute approximate surface area is 137 Å². The predicted octanol–water partition coefficient (Wildman–Crippen LogP) is 3.87. The van der Waals surface area contributed by atoms with Crippen molar-refractivity contribution in [1.29, 1.82) is 0 Å². The van der Waals surface area contributed by atoms with Crippen molar-refractivity contribution in [2.75, 3.05) is 26.2 Å². The average molecular weight is 319 g/mol. The fraction of sp³-hybridized carbons (Fsp3) is 0.471. The molecule has 6 heteroatoms. The van der Waals surface area contributed by atoms with Crippen molar-refractivity contribution in [1.82, 2.24) is 4.90 Å². The first-order valence-electron chi connectivity index (χ1n) is 7.75. The molecule has 0 bridgehead atoms. The lowest BCUT2D eigenvalue weighted by atomic mass is 10.3. The van der Waals surface area contributed by atoms with E-state index in [-0.39, 0.29) is 17.2 Å². The third-order valence-electron chi connectivity index (χ3n) is 3.35. The van der Waals surface area contributed by atoms with Gasteiger partial charge in [-0.05, 0) is 44.3 Å². The van der Waals surface area contributed by atoms with Crippen molar-refractivity contribution in [2.45, 2.75) is 27.7 Å². The molecule has 1 N–H and O–H groups in total. The van der Waals surface area contributed by atoms with Crippen LogP contribution in [0.2, 0.25) is 0 Å². The topological polar surface area (TPSA) is 74.5 Å². The standard InChI is InChI=1S/C17H25N3O3/c1-5-20(6-2)11-12-23-16-9-7-15(8-10-16)18-19-17(13(3)21)14(4)22/h7-10,21H,5-6,11-12H2,1-4H3. The number of aliphatic hydroxyl groups excluding tert-OH is 1. The maximum Gasteiger partial charge on any atom is 0.183 e. The summed E-state index contributed by atoms with van der Waals surface area (Å²) in [6.45, 7) is 10.5. The zero-order valence-electron chi connectivity index (χ0n) is 14.2. The van der Waals surface area contributed by atoms with Crippen molar-refractivity contribution < 1.29 is 14.6 Å². The number of likely N-dealkylation sites (N-methyl/N-ethyl adjacent to an activating group) is 1. The third kappa shape index (κ3) is 6.61. The van der Waals surface area contributed by atoms with Gasteiger partial charge in [0.1, 0.15) is 18.1 Å². The van der Waals surface area contributed by atoms with E-state index in [0.29, 0.717) is 12.3 Å². The maximum atomic E-state index is 11.3. The van der Waals surface area contributed by atoms with Crippen LogP contribution in [0, 0.1) is 0 Å². The number of allylic oxidation sites excluding steroid dienone is 2. The smallest absolute Gasteiger partial charge is 0.183 e. The van der Waals surface area contributed by atoms with Gasteiger partial charge in [0.05, 0.1) is 5.69 Å². The highest BCUT2D eigenvalue weighted by Gasteiger charge is 2.06. The summed E-state index contributed by atoms with van der Waals surface area (Å²) in [5.74, 6) is 0.291. The summed E-state index contributed by atoms with van der Waals surface area (Å²) in [6, 6.07) is 7.11. The number of rotatable bonds is 9. The molecule has 0 unspecified atom stereocenters. The molecule has 6 nitrogen and oxygen atoms in total. The van der Waals surface area contributed by atoms with Crippen molar-refractivity contribution >= 4 is 11.5 Å². The van der Waals surface area contributed by atoms with Crippen molar-refractivity contribution in [3.63, 3.8) is 0 Å². The van der Waals surface area contributed by atoms with Crippen LogP contribution in [0.3, 0.4) is 0 Å². The van der Waals surface area contributed by atoms with Crippen LogP contribution in [0.1, 0.15) is 27.7 Å². The second-order valence-corrected chi connectivity index (χ2v) is 5.06. The summed E-state index contributed by atoms with van der Waals surface area (Å²) in [5, 5.41) is 17.1. The molecule has 0 aliphatic rings. The summed E-state index contributed by atoms with van der Waals surface area (Å²) < 4.78 is 5.68. The lowest BCUT2D eigenvalue weighted by molar-refractivity contribution is -0.113. The Morgan fingerprint density at radius 1 is 1.17 bits per heavy atom. The van der Waals surface area contributed by atoms with Gasteiger partial charge in [-0.1, -0.05) is 13.8 Å². The number of carbonyl (C=O) groups excluding carboxylic acids is 1. The highest BCUT2D eigenvalue weighted by Crippen LogP contribution is 2.19. The first-order chi connectivity index (χ1) is 11.0. The molecule has 0 heterocycles. The number of aliphatic hydroxyl groups is 1. The molecule has 0 atom stereocenters. The molecule has 0 radical (unpaired) electrons.